The highest BCUT2D eigenvalue weighted by Gasteiger charge is 2.07. The van der Waals surface area contributed by atoms with Crippen LogP contribution in [0.15, 0.2) is 35.9 Å². The summed E-state index contributed by atoms with van der Waals surface area (Å²) in [6.07, 6.45) is 4.24. The molecule has 0 heterocycles. The van der Waals surface area contributed by atoms with Gasteiger partial charge in [0, 0.05) is 0 Å². The number of halogens is 2. The van der Waals surface area contributed by atoms with Crippen LogP contribution in [0.25, 0.3) is 0 Å². The predicted molar refractivity (Wildman–Crippen MR) is 60.1 cm³/mol. The van der Waals surface area contributed by atoms with Crippen LogP contribution in [0.5, 0.6) is 0 Å². The van der Waals surface area contributed by atoms with Crippen molar-refractivity contribution in [3.05, 3.63) is 35.9 Å². The Morgan fingerprint density at radius 3 is 2.21 bits per heavy atom. The minimum absolute atomic E-state index is 0.0342. The zero-order chi connectivity index (χ0) is 11.1. The molecule has 0 nitrogen and oxygen atoms in total. The van der Waals surface area contributed by atoms with Crippen LogP contribution in [-0.4, -0.2) is 7.85 Å². The van der Waals surface area contributed by atoms with Crippen molar-refractivity contribution in [3.63, 3.8) is 0 Å². The van der Waals surface area contributed by atoms with Crippen molar-refractivity contribution in [2.24, 2.45) is 5.92 Å². The second-order valence-electron chi connectivity index (χ2n) is 3.27. The molecule has 0 rings (SSSR count). The van der Waals surface area contributed by atoms with Gasteiger partial charge in [0.15, 0.2) is 0 Å². The fourth-order valence-corrected chi connectivity index (χ4v) is 1.12. The van der Waals surface area contributed by atoms with Gasteiger partial charge in [-0.25, -0.2) is 8.78 Å². The number of hydrogen-bond acceptors (Lipinski definition) is 0. The molecule has 0 atom stereocenters. The molecule has 0 unspecified atom stereocenters. The molecule has 0 N–H and O–H groups in total. The summed E-state index contributed by atoms with van der Waals surface area (Å²) in [6, 6.07) is 0. The van der Waals surface area contributed by atoms with E-state index in [0.29, 0.717) is 0 Å². The third kappa shape index (κ3) is 3.90. The summed E-state index contributed by atoms with van der Waals surface area (Å²) in [5.41, 5.74) is 0.0342. The summed E-state index contributed by atoms with van der Waals surface area (Å²) in [4.78, 5) is 0. The molecule has 0 aliphatic heterocycles. The Bertz CT molecular complexity index is 250. The van der Waals surface area contributed by atoms with Gasteiger partial charge in [-0.1, -0.05) is 20.4 Å². The molecule has 0 aromatic carbocycles. The van der Waals surface area contributed by atoms with Crippen LogP contribution >= 0.6 is 0 Å². The molecule has 14 heavy (non-hydrogen) atoms. The predicted octanol–water partition coefficient (Wildman–Crippen LogP) is 3.28. The lowest BCUT2D eigenvalue weighted by Gasteiger charge is -2.07. The van der Waals surface area contributed by atoms with E-state index in [1.54, 1.807) is 0 Å². The Morgan fingerprint density at radius 2 is 1.86 bits per heavy atom. The third-order valence-electron chi connectivity index (χ3n) is 2.33. The van der Waals surface area contributed by atoms with Crippen molar-refractivity contribution in [3.8, 4) is 0 Å². The van der Waals surface area contributed by atoms with E-state index < -0.39 is 11.7 Å². The first-order chi connectivity index (χ1) is 6.56. The van der Waals surface area contributed by atoms with Gasteiger partial charge in [-0.3, -0.25) is 0 Å². The van der Waals surface area contributed by atoms with Crippen molar-refractivity contribution in [2.45, 2.75) is 26.7 Å². The highest BCUT2D eigenvalue weighted by Crippen LogP contribution is 2.19. The molecule has 0 saturated carbocycles. The summed E-state index contributed by atoms with van der Waals surface area (Å²) in [6.45, 7) is 7.23. The van der Waals surface area contributed by atoms with Gasteiger partial charge in [-0.15, -0.1) is 0 Å². The Labute approximate surface area is 85.8 Å². The fourth-order valence-electron chi connectivity index (χ4n) is 1.12. The van der Waals surface area contributed by atoms with Gasteiger partial charge < -0.3 is 0 Å². The molecule has 0 fully saturated rings. The first kappa shape index (κ1) is 13.1. The van der Waals surface area contributed by atoms with Crippen molar-refractivity contribution in [2.75, 3.05) is 0 Å². The lowest BCUT2D eigenvalue weighted by atomic mass is 9.90. The van der Waals surface area contributed by atoms with E-state index in [4.69, 9.17) is 0 Å². The van der Waals surface area contributed by atoms with Crippen molar-refractivity contribution in [1.29, 1.82) is 0 Å². The van der Waals surface area contributed by atoms with Gasteiger partial charge in [0.1, 0.15) is 19.5 Å². The number of rotatable bonds is 5. The zero-order valence-corrected chi connectivity index (χ0v) is 9.11. The molecule has 0 spiro atoms. The second kappa shape index (κ2) is 6.58. The normalized spacial score (nSPS) is 14.2. The monoisotopic (exact) mass is 198 g/mol. The minimum Gasteiger partial charge on any atom is -0.208 e. The van der Waals surface area contributed by atoms with Gasteiger partial charge in [-0.05, 0) is 36.4 Å². The molecule has 3 heteroatoms. The molecule has 0 aromatic heterocycles. The standard InChI is InChI=1S/C11H17BF2/c1-4-8(5-2)7-10(14)11(12)9(13)6-3/h6-8H,3-5,12H2,1-2H3/b10-7+,11-9-. The number of allylic oxidation sites excluding steroid dienone is 5. The van der Waals surface area contributed by atoms with E-state index >= 15 is 0 Å². The van der Waals surface area contributed by atoms with Gasteiger partial charge >= 0.3 is 0 Å². The van der Waals surface area contributed by atoms with Crippen LogP contribution in [0.1, 0.15) is 26.7 Å². The van der Waals surface area contributed by atoms with E-state index in [1.165, 1.54) is 13.9 Å². The van der Waals surface area contributed by atoms with Gasteiger partial charge in [0.05, 0.1) is 0 Å². The van der Waals surface area contributed by atoms with Crippen LogP contribution in [0, 0.1) is 5.92 Å². The quantitative estimate of drug-likeness (QED) is 0.469. The number of hydrogen-bond donors (Lipinski definition) is 0. The molecule has 0 aliphatic rings. The van der Waals surface area contributed by atoms with E-state index in [1.807, 2.05) is 13.8 Å². The van der Waals surface area contributed by atoms with E-state index in [9.17, 15) is 8.78 Å². The maximum absolute atomic E-state index is 13.4. The van der Waals surface area contributed by atoms with E-state index in [-0.39, 0.29) is 11.4 Å². The molecule has 0 aliphatic carbocycles. The van der Waals surface area contributed by atoms with Crippen molar-refractivity contribution >= 4 is 7.85 Å². The van der Waals surface area contributed by atoms with Crippen LogP contribution in [-0.2, 0) is 0 Å². The summed E-state index contributed by atoms with van der Waals surface area (Å²) in [7, 11) is 1.42. The Balaban J connectivity index is 4.75. The Kier molecular flexibility index (Phi) is 6.18. The lowest BCUT2D eigenvalue weighted by Crippen LogP contribution is -1.95. The summed E-state index contributed by atoms with van der Waals surface area (Å²) >= 11 is 0. The van der Waals surface area contributed by atoms with Crippen molar-refractivity contribution < 1.29 is 8.78 Å². The smallest absolute Gasteiger partial charge is 0.147 e. The summed E-state index contributed by atoms with van der Waals surface area (Å²) < 4.78 is 26.3. The molecule has 78 valence electrons. The first-order valence-electron chi connectivity index (χ1n) is 4.93. The van der Waals surface area contributed by atoms with Crippen LogP contribution in [0.2, 0.25) is 0 Å². The van der Waals surface area contributed by atoms with Crippen molar-refractivity contribution in [1.82, 2.24) is 0 Å². The maximum atomic E-state index is 13.4. The molecule has 0 amide bonds. The largest absolute Gasteiger partial charge is 0.208 e. The van der Waals surface area contributed by atoms with Crippen LogP contribution in [0.4, 0.5) is 8.78 Å². The van der Waals surface area contributed by atoms with E-state index in [0.717, 1.165) is 18.9 Å². The molecule has 0 bridgehead atoms. The Hall–Kier alpha value is -0.855. The second-order valence-corrected chi connectivity index (χ2v) is 3.27. The van der Waals surface area contributed by atoms with Crippen LogP contribution < -0.4 is 0 Å². The molecule has 0 saturated heterocycles. The SMILES string of the molecule is BC(/C(F)=C\C(CC)CC)=C(\F)C=C. The van der Waals surface area contributed by atoms with Gasteiger partial charge in [-0.2, -0.15) is 0 Å². The highest BCUT2D eigenvalue weighted by atomic mass is 19.1. The zero-order valence-electron chi connectivity index (χ0n) is 9.11. The minimum atomic E-state index is -0.593. The topological polar surface area (TPSA) is 0 Å². The highest BCUT2D eigenvalue weighted by molar-refractivity contribution is 6.24. The fraction of sp³-hybridized carbons (Fsp3) is 0.455. The Morgan fingerprint density at radius 1 is 1.36 bits per heavy atom. The average molecular weight is 198 g/mol. The average Bonchev–Trinajstić information content (AvgIpc) is 2.23. The molecular weight excluding hydrogens is 181 g/mol. The molecular formula is C11H17BF2. The lowest BCUT2D eigenvalue weighted by molar-refractivity contribution is 0.565. The summed E-state index contributed by atoms with van der Waals surface area (Å²) in [5.74, 6) is -0.886. The maximum Gasteiger partial charge on any atom is 0.147 e. The third-order valence-corrected chi connectivity index (χ3v) is 2.33. The molecule has 0 aromatic rings. The van der Waals surface area contributed by atoms with Gasteiger partial charge in [0.2, 0.25) is 0 Å². The first-order valence-corrected chi connectivity index (χ1v) is 4.93. The molecule has 0 radical (unpaired) electrons. The van der Waals surface area contributed by atoms with Gasteiger partial charge in [0.25, 0.3) is 0 Å². The van der Waals surface area contributed by atoms with E-state index in [2.05, 4.69) is 6.58 Å². The summed E-state index contributed by atoms with van der Waals surface area (Å²) in [5, 5.41) is 0. The van der Waals surface area contributed by atoms with Crippen LogP contribution in [0.3, 0.4) is 0 Å².